The van der Waals surface area contributed by atoms with Gasteiger partial charge >= 0.3 is 0 Å². The summed E-state index contributed by atoms with van der Waals surface area (Å²) in [5.74, 6) is 2.31. The second-order valence-electron chi connectivity index (χ2n) is 11.9. The van der Waals surface area contributed by atoms with E-state index in [1.165, 1.54) is 37.7 Å². The van der Waals surface area contributed by atoms with Crippen molar-refractivity contribution in [1.29, 1.82) is 0 Å². The fourth-order valence-electron chi connectivity index (χ4n) is 8.01. The van der Waals surface area contributed by atoms with Crippen LogP contribution in [0.4, 0.5) is 0 Å². The van der Waals surface area contributed by atoms with Gasteiger partial charge in [-0.25, -0.2) is 0 Å². The molecule has 35 heavy (non-hydrogen) atoms. The van der Waals surface area contributed by atoms with Gasteiger partial charge in [0.2, 0.25) is 11.6 Å². The van der Waals surface area contributed by atoms with Crippen LogP contribution in [-0.2, 0) is 24.3 Å². The van der Waals surface area contributed by atoms with Crippen molar-refractivity contribution in [3.05, 3.63) is 29.8 Å². The van der Waals surface area contributed by atoms with Crippen LogP contribution in [0.25, 0.3) is 0 Å². The van der Waals surface area contributed by atoms with Crippen LogP contribution in [0.1, 0.15) is 69.3 Å². The zero-order chi connectivity index (χ0) is 23.3. The van der Waals surface area contributed by atoms with Gasteiger partial charge in [-0.3, -0.25) is 4.90 Å². The molecule has 8 rings (SSSR count). The third kappa shape index (κ3) is 4.32. The molecular weight excluding hydrogens is 446 g/mol. The molecule has 1 atom stereocenters. The summed E-state index contributed by atoms with van der Waals surface area (Å²) < 4.78 is 11.4. The van der Waals surface area contributed by atoms with Crippen LogP contribution >= 0.6 is 0 Å². The van der Waals surface area contributed by atoms with Crippen molar-refractivity contribution in [1.82, 2.24) is 4.90 Å². The van der Waals surface area contributed by atoms with Gasteiger partial charge in [0.1, 0.15) is 12.4 Å². The van der Waals surface area contributed by atoms with E-state index >= 15 is 0 Å². The minimum absolute atomic E-state index is 0.353. The van der Waals surface area contributed by atoms with Crippen molar-refractivity contribution in [2.24, 2.45) is 23.7 Å². The molecule has 7 nitrogen and oxygen atoms in total. The van der Waals surface area contributed by atoms with Gasteiger partial charge in [-0.05, 0) is 80.4 Å². The molecule has 0 aromatic heterocycles. The Morgan fingerprint density at radius 2 is 1.54 bits per heavy atom. The summed E-state index contributed by atoms with van der Waals surface area (Å²) in [6.45, 7) is 5.27. The zero-order valence-electron chi connectivity index (χ0n) is 20.7. The van der Waals surface area contributed by atoms with E-state index in [1.807, 2.05) is 0 Å². The summed E-state index contributed by atoms with van der Waals surface area (Å²) in [5, 5.41) is 0. The highest BCUT2D eigenvalue weighted by molar-refractivity contribution is 5.30. The lowest BCUT2D eigenvalue weighted by atomic mass is 9.53. The first-order chi connectivity index (χ1) is 17.2. The molecule has 2 saturated heterocycles. The molecule has 2 aliphatic heterocycles. The van der Waals surface area contributed by atoms with Gasteiger partial charge in [0.25, 0.3) is 0 Å². The van der Waals surface area contributed by atoms with E-state index < -0.39 is 11.6 Å². The van der Waals surface area contributed by atoms with Crippen LogP contribution < -0.4 is 4.74 Å². The lowest BCUT2D eigenvalue weighted by Crippen LogP contribution is -2.64. The maximum atomic E-state index is 6.25. The first kappa shape index (κ1) is 22.9. The first-order valence-electron chi connectivity index (χ1n) is 14.0. The maximum Gasteiger partial charge on any atom is 0.239 e. The van der Waals surface area contributed by atoms with Gasteiger partial charge in [-0.2, -0.15) is 19.6 Å². The molecule has 7 heteroatoms. The largest absolute Gasteiger partial charge is 0.492 e. The number of hydrogen-bond donors (Lipinski definition) is 0. The van der Waals surface area contributed by atoms with Crippen molar-refractivity contribution >= 4 is 0 Å². The van der Waals surface area contributed by atoms with Crippen LogP contribution in [0.2, 0.25) is 0 Å². The van der Waals surface area contributed by atoms with Crippen LogP contribution in [0.5, 0.6) is 5.75 Å². The monoisotopic (exact) mass is 485 g/mol. The molecule has 4 bridgehead atoms. The van der Waals surface area contributed by atoms with Gasteiger partial charge in [0.15, 0.2) is 0 Å². The molecule has 1 aromatic rings. The molecule has 2 spiro atoms. The highest BCUT2D eigenvalue weighted by atomic mass is 17.4. The number of nitrogens with zero attached hydrogens (tertiary/aromatic N) is 1. The Bertz CT molecular complexity index is 846. The predicted octanol–water partition coefficient (Wildman–Crippen LogP) is 4.81. The van der Waals surface area contributed by atoms with E-state index in [-0.39, 0.29) is 0 Å². The molecule has 2 heterocycles. The zero-order valence-corrected chi connectivity index (χ0v) is 20.7. The highest BCUT2D eigenvalue weighted by Crippen LogP contribution is 2.62. The van der Waals surface area contributed by atoms with Crippen molar-refractivity contribution in [2.75, 3.05) is 39.5 Å². The molecule has 0 amide bonds. The van der Waals surface area contributed by atoms with Crippen molar-refractivity contribution < 1.29 is 29.0 Å². The Labute approximate surface area is 208 Å². The summed E-state index contributed by atoms with van der Waals surface area (Å²) in [5.41, 5.74) is 1.30. The van der Waals surface area contributed by atoms with E-state index in [0.717, 1.165) is 76.1 Å². The SMILES string of the molecule is c1cc(C2CCCC3(C2)OOC2(OO3)C3CC4CC(C3)CC2C4)ccc1OCCN1CCOCC1. The lowest BCUT2D eigenvalue weighted by molar-refractivity contribution is -0.680. The van der Waals surface area contributed by atoms with Crippen molar-refractivity contribution in [2.45, 2.75) is 75.3 Å². The fourth-order valence-corrected chi connectivity index (χ4v) is 8.01. The molecule has 7 fully saturated rings. The third-order valence-corrected chi connectivity index (χ3v) is 9.72. The Morgan fingerprint density at radius 1 is 0.857 bits per heavy atom. The number of hydrogen-bond acceptors (Lipinski definition) is 7. The molecule has 5 saturated carbocycles. The second kappa shape index (κ2) is 9.26. The molecule has 7 aliphatic rings. The third-order valence-electron chi connectivity index (χ3n) is 9.72. The summed E-state index contributed by atoms with van der Waals surface area (Å²) in [6.07, 6.45) is 9.86. The van der Waals surface area contributed by atoms with Crippen LogP contribution in [0.3, 0.4) is 0 Å². The number of benzene rings is 1. The topological polar surface area (TPSA) is 58.6 Å². The Kier molecular flexibility index (Phi) is 6.07. The Hall–Kier alpha value is -1.22. The minimum atomic E-state index is -0.795. The van der Waals surface area contributed by atoms with E-state index in [1.54, 1.807) is 0 Å². The van der Waals surface area contributed by atoms with E-state index in [9.17, 15) is 0 Å². The second-order valence-corrected chi connectivity index (χ2v) is 11.9. The summed E-state index contributed by atoms with van der Waals surface area (Å²) in [6, 6.07) is 8.57. The Balaban J connectivity index is 0.950. The van der Waals surface area contributed by atoms with Gasteiger partial charge in [0.05, 0.1) is 13.2 Å². The highest BCUT2D eigenvalue weighted by Gasteiger charge is 2.64. The van der Waals surface area contributed by atoms with Gasteiger partial charge in [-0.1, -0.05) is 12.1 Å². The number of ether oxygens (including phenoxy) is 2. The van der Waals surface area contributed by atoms with Crippen LogP contribution in [0, 0.1) is 23.7 Å². The average molecular weight is 486 g/mol. The van der Waals surface area contributed by atoms with Crippen LogP contribution in [-0.4, -0.2) is 55.9 Å². The molecule has 0 radical (unpaired) electrons. The van der Waals surface area contributed by atoms with E-state index in [0.29, 0.717) is 24.4 Å². The summed E-state index contributed by atoms with van der Waals surface area (Å²) in [4.78, 5) is 27.3. The molecule has 1 aromatic carbocycles. The standard InChI is InChI=1S/C28H39NO6/c1-2-23(22-3-5-26(6-4-22)31-13-10-29-8-11-30-12-9-29)19-27(7-1)32-34-28(35-33-27)24-15-20-14-21(17-24)18-25(28)16-20/h3-6,20-21,23-25H,1-2,7-19H2. The minimum Gasteiger partial charge on any atom is -0.492 e. The summed E-state index contributed by atoms with van der Waals surface area (Å²) in [7, 11) is 0. The van der Waals surface area contributed by atoms with E-state index in [2.05, 4.69) is 29.2 Å². The van der Waals surface area contributed by atoms with E-state index in [4.69, 9.17) is 29.0 Å². The predicted molar refractivity (Wildman–Crippen MR) is 127 cm³/mol. The maximum absolute atomic E-state index is 6.25. The average Bonchev–Trinajstić information content (AvgIpc) is 2.89. The summed E-state index contributed by atoms with van der Waals surface area (Å²) >= 11 is 0. The van der Waals surface area contributed by atoms with Gasteiger partial charge in [0, 0.05) is 44.3 Å². The van der Waals surface area contributed by atoms with Crippen molar-refractivity contribution in [3.8, 4) is 5.75 Å². The lowest BCUT2D eigenvalue weighted by Gasteiger charge is -2.60. The number of morpholine rings is 1. The molecule has 192 valence electrons. The first-order valence-corrected chi connectivity index (χ1v) is 14.0. The molecule has 5 aliphatic carbocycles. The molecular formula is C28H39NO6. The van der Waals surface area contributed by atoms with Crippen LogP contribution in [0.15, 0.2) is 24.3 Å². The van der Waals surface area contributed by atoms with Gasteiger partial charge in [-0.15, -0.1) is 0 Å². The Morgan fingerprint density at radius 3 is 2.23 bits per heavy atom. The quantitative estimate of drug-likeness (QED) is 0.555. The number of rotatable bonds is 5. The molecule has 0 N–H and O–H groups in total. The smallest absolute Gasteiger partial charge is 0.239 e. The van der Waals surface area contributed by atoms with Gasteiger partial charge < -0.3 is 9.47 Å². The van der Waals surface area contributed by atoms with Crippen molar-refractivity contribution in [3.63, 3.8) is 0 Å². The fraction of sp³-hybridized carbons (Fsp3) is 0.786. The molecule has 1 unspecified atom stereocenters. The normalized spacial score (nSPS) is 43.1.